The van der Waals surface area contributed by atoms with Crippen molar-refractivity contribution < 1.29 is 18.7 Å². The monoisotopic (exact) mass is 381 g/mol. The highest BCUT2D eigenvalue weighted by Crippen LogP contribution is 2.26. The van der Waals surface area contributed by atoms with Gasteiger partial charge in [-0.1, -0.05) is 41.9 Å². The zero-order valence-corrected chi connectivity index (χ0v) is 15.1. The molecule has 2 aromatic rings. The molecular formula is C18H17ClFNO3S. The molecule has 1 amide bonds. The molecule has 0 heterocycles. The number of benzene rings is 2. The molecule has 0 aromatic heterocycles. The average Bonchev–Trinajstić information content (AvgIpc) is 2.60. The highest BCUT2D eigenvalue weighted by atomic mass is 35.5. The Morgan fingerprint density at radius 3 is 2.56 bits per heavy atom. The number of likely N-dealkylation sites (N-methyl/N-ethyl adjacent to an activating group) is 1. The molecule has 0 aliphatic heterocycles. The topological polar surface area (TPSA) is 46.6 Å². The largest absolute Gasteiger partial charge is 0.455 e. The van der Waals surface area contributed by atoms with Gasteiger partial charge in [0, 0.05) is 24.1 Å². The first-order valence-electron chi connectivity index (χ1n) is 7.47. The number of thioether (sulfide) groups is 1. The van der Waals surface area contributed by atoms with Crippen LogP contribution in [0.1, 0.15) is 5.56 Å². The number of carbonyl (C=O) groups is 2. The van der Waals surface area contributed by atoms with Gasteiger partial charge in [-0.05, 0) is 18.2 Å². The van der Waals surface area contributed by atoms with Gasteiger partial charge in [-0.3, -0.25) is 9.59 Å². The van der Waals surface area contributed by atoms with Gasteiger partial charge >= 0.3 is 5.97 Å². The molecule has 0 saturated heterocycles. The van der Waals surface area contributed by atoms with Crippen molar-refractivity contribution in [3.63, 3.8) is 0 Å². The van der Waals surface area contributed by atoms with Crippen molar-refractivity contribution >= 4 is 35.2 Å². The maximum atomic E-state index is 13.6. The van der Waals surface area contributed by atoms with Crippen molar-refractivity contribution in [1.29, 1.82) is 0 Å². The van der Waals surface area contributed by atoms with Crippen molar-refractivity contribution in [1.82, 2.24) is 4.90 Å². The third kappa shape index (κ3) is 6.07. The normalized spacial score (nSPS) is 10.4. The van der Waals surface area contributed by atoms with E-state index in [9.17, 15) is 14.0 Å². The summed E-state index contributed by atoms with van der Waals surface area (Å²) in [6.07, 6.45) is 0. The van der Waals surface area contributed by atoms with Crippen molar-refractivity contribution in [2.75, 3.05) is 19.4 Å². The summed E-state index contributed by atoms with van der Waals surface area (Å²) >= 11 is 7.24. The van der Waals surface area contributed by atoms with Crippen LogP contribution in [0.3, 0.4) is 0 Å². The van der Waals surface area contributed by atoms with Gasteiger partial charge < -0.3 is 9.64 Å². The zero-order chi connectivity index (χ0) is 18.2. The molecule has 0 aliphatic rings. The van der Waals surface area contributed by atoms with Crippen LogP contribution in [0.15, 0.2) is 53.4 Å². The smallest absolute Gasteiger partial charge is 0.316 e. The molecule has 0 unspecified atom stereocenters. The fraction of sp³-hybridized carbons (Fsp3) is 0.222. The van der Waals surface area contributed by atoms with Gasteiger partial charge in [0.25, 0.3) is 5.91 Å². The van der Waals surface area contributed by atoms with E-state index in [1.165, 1.54) is 29.8 Å². The molecule has 0 bridgehead atoms. The molecule has 25 heavy (non-hydrogen) atoms. The number of rotatable bonds is 7. The molecular weight excluding hydrogens is 365 g/mol. The minimum atomic E-state index is -0.516. The molecule has 0 fully saturated rings. The van der Waals surface area contributed by atoms with E-state index in [0.29, 0.717) is 10.6 Å². The summed E-state index contributed by atoms with van der Waals surface area (Å²) in [7, 11) is 1.53. The van der Waals surface area contributed by atoms with Gasteiger partial charge in [0.1, 0.15) is 5.82 Å². The quantitative estimate of drug-likeness (QED) is 0.541. The van der Waals surface area contributed by atoms with Crippen LogP contribution in [0, 0.1) is 5.82 Å². The Hall–Kier alpha value is -2.05. The van der Waals surface area contributed by atoms with Crippen molar-refractivity contribution in [2.45, 2.75) is 11.4 Å². The molecule has 4 nitrogen and oxygen atoms in total. The van der Waals surface area contributed by atoms with Crippen LogP contribution in [-0.4, -0.2) is 36.2 Å². The Balaban J connectivity index is 1.76. The predicted octanol–water partition coefficient (Wildman–Crippen LogP) is 3.77. The number of ether oxygens (including phenoxy) is 1. The molecule has 0 radical (unpaired) electrons. The summed E-state index contributed by atoms with van der Waals surface area (Å²) in [4.78, 5) is 25.8. The van der Waals surface area contributed by atoms with Crippen LogP contribution < -0.4 is 0 Å². The predicted molar refractivity (Wildman–Crippen MR) is 96.0 cm³/mol. The second kappa shape index (κ2) is 9.44. The number of halogens is 2. The third-order valence-electron chi connectivity index (χ3n) is 3.33. The maximum Gasteiger partial charge on any atom is 0.316 e. The summed E-state index contributed by atoms with van der Waals surface area (Å²) < 4.78 is 18.6. The molecule has 2 aromatic carbocycles. The molecule has 132 valence electrons. The SMILES string of the molecule is CN(Cc1ccccc1F)C(=O)COC(=O)CSc1ccccc1Cl. The Kier molecular flexibility index (Phi) is 7.28. The van der Waals surface area contributed by atoms with E-state index < -0.39 is 11.9 Å². The van der Waals surface area contributed by atoms with Crippen LogP contribution >= 0.6 is 23.4 Å². The Morgan fingerprint density at radius 1 is 1.16 bits per heavy atom. The molecule has 7 heteroatoms. The molecule has 0 saturated carbocycles. The molecule has 0 aliphatic carbocycles. The zero-order valence-electron chi connectivity index (χ0n) is 13.6. The van der Waals surface area contributed by atoms with E-state index in [0.717, 1.165) is 4.90 Å². The third-order valence-corrected chi connectivity index (χ3v) is 4.82. The highest BCUT2D eigenvalue weighted by Gasteiger charge is 2.14. The fourth-order valence-electron chi connectivity index (χ4n) is 1.96. The van der Waals surface area contributed by atoms with Crippen molar-refractivity contribution in [3.05, 3.63) is 64.9 Å². The highest BCUT2D eigenvalue weighted by molar-refractivity contribution is 8.00. The number of hydrogen-bond donors (Lipinski definition) is 0. The fourth-order valence-corrected chi connectivity index (χ4v) is 3.00. The standard InChI is InChI=1S/C18H17ClFNO3S/c1-21(10-13-6-2-4-8-15(13)20)17(22)11-24-18(23)12-25-16-9-5-3-7-14(16)19/h2-9H,10-12H2,1H3. The van der Waals surface area contributed by atoms with E-state index in [2.05, 4.69) is 0 Å². The van der Waals surface area contributed by atoms with Gasteiger partial charge in [0.2, 0.25) is 0 Å². The first kappa shape index (κ1) is 19.3. The van der Waals surface area contributed by atoms with Crippen LogP contribution in [0.5, 0.6) is 0 Å². The lowest BCUT2D eigenvalue weighted by Gasteiger charge is -2.17. The second-order valence-electron chi connectivity index (χ2n) is 5.22. The molecule has 0 atom stereocenters. The van der Waals surface area contributed by atoms with Crippen LogP contribution in [0.2, 0.25) is 5.02 Å². The van der Waals surface area contributed by atoms with Gasteiger partial charge in [0.05, 0.1) is 10.8 Å². The van der Waals surface area contributed by atoms with Gasteiger partial charge in [0.15, 0.2) is 6.61 Å². The van der Waals surface area contributed by atoms with Gasteiger partial charge in [-0.15, -0.1) is 11.8 Å². The summed E-state index contributed by atoms with van der Waals surface area (Å²) in [5, 5.41) is 0.556. The second-order valence-corrected chi connectivity index (χ2v) is 6.65. The molecule has 0 N–H and O–H groups in total. The Morgan fingerprint density at radius 2 is 1.84 bits per heavy atom. The average molecular weight is 382 g/mol. The lowest BCUT2D eigenvalue weighted by atomic mass is 10.2. The van der Waals surface area contributed by atoms with Crippen molar-refractivity contribution in [3.8, 4) is 0 Å². The number of carbonyl (C=O) groups excluding carboxylic acids is 2. The van der Waals surface area contributed by atoms with Crippen LogP contribution in [-0.2, 0) is 20.9 Å². The van der Waals surface area contributed by atoms with Crippen LogP contribution in [0.4, 0.5) is 4.39 Å². The minimum absolute atomic E-state index is 0.0496. The lowest BCUT2D eigenvalue weighted by molar-refractivity contribution is -0.149. The van der Waals surface area contributed by atoms with E-state index in [1.54, 1.807) is 36.4 Å². The van der Waals surface area contributed by atoms with E-state index >= 15 is 0 Å². The molecule has 2 rings (SSSR count). The summed E-state index contributed by atoms with van der Waals surface area (Å²) in [5.41, 5.74) is 0.402. The minimum Gasteiger partial charge on any atom is -0.455 e. The summed E-state index contributed by atoms with van der Waals surface area (Å²) in [6, 6.07) is 13.4. The van der Waals surface area contributed by atoms with Gasteiger partial charge in [-0.2, -0.15) is 0 Å². The van der Waals surface area contributed by atoms with E-state index in [4.69, 9.17) is 16.3 Å². The first-order valence-corrected chi connectivity index (χ1v) is 8.84. The maximum absolute atomic E-state index is 13.6. The molecule has 0 spiro atoms. The van der Waals surface area contributed by atoms with Gasteiger partial charge in [-0.25, -0.2) is 4.39 Å². The Labute approximate surface area is 154 Å². The summed E-state index contributed by atoms with van der Waals surface area (Å²) in [6.45, 7) is -0.274. The first-order chi connectivity index (χ1) is 12.0. The number of amides is 1. The van der Waals surface area contributed by atoms with Crippen LogP contribution in [0.25, 0.3) is 0 Å². The Bertz CT molecular complexity index is 757. The number of nitrogens with zero attached hydrogens (tertiary/aromatic N) is 1. The lowest BCUT2D eigenvalue weighted by Crippen LogP contribution is -2.31. The van der Waals surface area contributed by atoms with Crippen molar-refractivity contribution in [2.24, 2.45) is 0 Å². The number of hydrogen-bond acceptors (Lipinski definition) is 4. The van der Waals surface area contributed by atoms with E-state index in [-0.39, 0.29) is 24.7 Å². The van der Waals surface area contributed by atoms with E-state index in [1.807, 2.05) is 6.07 Å². The number of esters is 1. The summed E-state index contributed by atoms with van der Waals surface area (Å²) in [5.74, 6) is -1.25.